The highest BCUT2D eigenvalue weighted by atomic mass is 16.7. The standard InChI is InChI=1S/C34H40N2O7/c1-23(2)35-32(37)27-7-5-6-25(18-27)21-39-16-17-40-29-11-8-24(9-12-29)14-15-36-20-31(42-33(36)38)26-10-13-30-28(19-26)22-41-34(3,4)43-30/h5-13,18-19,23,31H,14-17,20-22H2,1-4H3,(H,35,37)/t31-/m0/s1. The Balaban J connectivity index is 1.02. The van der Waals surface area contributed by atoms with Gasteiger partial charge in [0.15, 0.2) is 0 Å². The Morgan fingerprint density at radius 1 is 1.05 bits per heavy atom. The lowest BCUT2D eigenvalue weighted by Crippen LogP contribution is -2.35. The third kappa shape index (κ3) is 8.27. The third-order valence-electron chi connectivity index (χ3n) is 7.24. The maximum atomic E-state index is 12.6. The summed E-state index contributed by atoms with van der Waals surface area (Å²) in [5, 5.41) is 2.90. The van der Waals surface area contributed by atoms with Crippen LogP contribution in [0.5, 0.6) is 11.5 Å². The number of amides is 2. The number of cyclic esters (lactones) is 1. The lowest BCUT2D eigenvalue weighted by atomic mass is 10.0. The van der Waals surface area contributed by atoms with Gasteiger partial charge in [-0.05, 0) is 73.4 Å². The summed E-state index contributed by atoms with van der Waals surface area (Å²) < 4.78 is 28.9. The Kier molecular flexibility index (Phi) is 9.52. The van der Waals surface area contributed by atoms with Crippen LogP contribution >= 0.6 is 0 Å². The number of nitrogens with zero attached hydrogens (tertiary/aromatic N) is 1. The van der Waals surface area contributed by atoms with E-state index in [9.17, 15) is 9.59 Å². The first kappa shape index (κ1) is 30.4. The molecule has 0 bridgehead atoms. The number of benzene rings is 3. The summed E-state index contributed by atoms with van der Waals surface area (Å²) in [6.07, 6.45) is 0.0846. The molecule has 2 aliphatic heterocycles. The molecule has 43 heavy (non-hydrogen) atoms. The highest BCUT2D eigenvalue weighted by Gasteiger charge is 2.33. The van der Waals surface area contributed by atoms with Gasteiger partial charge < -0.3 is 33.9 Å². The maximum absolute atomic E-state index is 12.6. The Labute approximate surface area is 253 Å². The predicted molar refractivity (Wildman–Crippen MR) is 161 cm³/mol. The minimum atomic E-state index is -0.646. The van der Waals surface area contributed by atoms with Crippen LogP contribution in [0.2, 0.25) is 0 Å². The molecule has 0 saturated carbocycles. The average Bonchev–Trinajstić information content (AvgIpc) is 3.36. The van der Waals surface area contributed by atoms with E-state index in [-0.39, 0.29) is 24.1 Å². The quantitative estimate of drug-likeness (QED) is 0.267. The van der Waals surface area contributed by atoms with Gasteiger partial charge in [-0.25, -0.2) is 4.79 Å². The summed E-state index contributed by atoms with van der Waals surface area (Å²) >= 11 is 0. The van der Waals surface area contributed by atoms with Crippen LogP contribution in [0, 0.1) is 0 Å². The Hall–Kier alpha value is -4.08. The van der Waals surface area contributed by atoms with E-state index >= 15 is 0 Å². The van der Waals surface area contributed by atoms with E-state index in [4.69, 9.17) is 23.7 Å². The van der Waals surface area contributed by atoms with Gasteiger partial charge in [-0.3, -0.25) is 4.79 Å². The van der Waals surface area contributed by atoms with Gasteiger partial charge in [0.2, 0.25) is 5.79 Å². The van der Waals surface area contributed by atoms with Gasteiger partial charge in [0.05, 0.1) is 26.4 Å². The molecule has 1 N–H and O–H groups in total. The van der Waals surface area contributed by atoms with E-state index in [0.717, 1.165) is 33.8 Å². The van der Waals surface area contributed by atoms with Gasteiger partial charge in [0.25, 0.3) is 5.91 Å². The van der Waals surface area contributed by atoms with Gasteiger partial charge >= 0.3 is 6.09 Å². The van der Waals surface area contributed by atoms with Crippen molar-refractivity contribution in [2.45, 2.75) is 65.3 Å². The van der Waals surface area contributed by atoms with Crippen molar-refractivity contribution in [2.24, 2.45) is 0 Å². The number of fused-ring (bicyclic) bond motifs is 1. The smallest absolute Gasteiger partial charge is 0.410 e. The maximum Gasteiger partial charge on any atom is 0.410 e. The Morgan fingerprint density at radius 2 is 1.86 bits per heavy atom. The fourth-order valence-electron chi connectivity index (χ4n) is 4.99. The van der Waals surface area contributed by atoms with E-state index in [1.807, 2.05) is 88.4 Å². The highest BCUT2D eigenvalue weighted by Crippen LogP contribution is 2.35. The predicted octanol–water partition coefficient (Wildman–Crippen LogP) is 5.80. The summed E-state index contributed by atoms with van der Waals surface area (Å²) in [6.45, 7) is 10.4. The summed E-state index contributed by atoms with van der Waals surface area (Å²) in [6, 6.07) is 21.3. The van der Waals surface area contributed by atoms with Crippen molar-refractivity contribution in [1.82, 2.24) is 10.2 Å². The summed E-state index contributed by atoms with van der Waals surface area (Å²) in [5.74, 6) is 0.821. The van der Waals surface area contributed by atoms with Gasteiger partial charge in [0.1, 0.15) is 24.2 Å². The molecule has 1 atom stereocenters. The average molecular weight is 589 g/mol. The number of rotatable bonds is 12. The van der Waals surface area contributed by atoms with Crippen LogP contribution < -0.4 is 14.8 Å². The molecule has 0 aromatic heterocycles. The van der Waals surface area contributed by atoms with Crippen LogP contribution in [0.1, 0.15) is 66.4 Å². The second kappa shape index (κ2) is 13.5. The molecule has 0 radical (unpaired) electrons. The SMILES string of the molecule is CC(C)NC(=O)c1cccc(COCCOc2ccc(CCN3C[C@@H](c4ccc5c(c4)COC(C)(C)O5)OC3=O)cc2)c1. The second-order valence-electron chi connectivity index (χ2n) is 11.6. The fraction of sp³-hybridized carbons (Fsp3) is 0.412. The fourth-order valence-corrected chi connectivity index (χ4v) is 4.99. The van der Waals surface area contributed by atoms with Crippen molar-refractivity contribution in [3.63, 3.8) is 0 Å². The molecule has 3 aromatic rings. The molecule has 0 unspecified atom stereocenters. The molecule has 2 aliphatic rings. The van der Waals surface area contributed by atoms with Crippen LogP contribution in [0.15, 0.2) is 66.7 Å². The minimum absolute atomic E-state index is 0.0850. The van der Waals surface area contributed by atoms with Crippen molar-refractivity contribution in [1.29, 1.82) is 0 Å². The van der Waals surface area contributed by atoms with E-state index in [1.165, 1.54) is 0 Å². The zero-order valence-electron chi connectivity index (χ0n) is 25.3. The molecule has 2 heterocycles. The third-order valence-corrected chi connectivity index (χ3v) is 7.24. The Bertz CT molecular complexity index is 1420. The summed E-state index contributed by atoms with van der Waals surface area (Å²) in [4.78, 5) is 26.5. The molecule has 9 nitrogen and oxygen atoms in total. The van der Waals surface area contributed by atoms with Crippen molar-refractivity contribution < 1.29 is 33.3 Å². The monoisotopic (exact) mass is 588 g/mol. The first-order valence-corrected chi connectivity index (χ1v) is 14.8. The first-order valence-electron chi connectivity index (χ1n) is 14.8. The lowest BCUT2D eigenvalue weighted by molar-refractivity contribution is -0.180. The van der Waals surface area contributed by atoms with Crippen LogP contribution in [0.3, 0.4) is 0 Å². The van der Waals surface area contributed by atoms with Crippen LogP contribution in [-0.4, -0.2) is 55.0 Å². The van der Waals surface area contributed by atoms with Crippen LogP contribution in [-0.2, 0) is 33.8 Å². The van der Waals surface area contributed by atoms with Crippen molar-refractivity contribution in [2.75, 3.05) is 26.3 Å². The van der Waals surface area contributed by atoms with Gasteiger partial charge in [-0.15, -0.1) is 0 Å². The molecular weight excluding hydrogens is 548 g/mol. The molecule has 2 amide bonds. The van der Waals surface area contributed by atoms with Crippen molar-refractivity contribution >= 4 is 12.0 Å². The molecule has 228 valence electrons. The molecule has 1 fully saturated rings. The Morgan fingerprint density at radius 3 is 2.65 bits per heavy atom. The second-order valence-corrected chi connectivity index (χ2v) is 11.6. The van der Waals surface area contributed by atoms with Crippen molar-refractivity contribution in [3.8, 4) is 11.5 Å². The molecule has 0 spiro atoms. The van der Waals surface area contributed by atoms with E-state index in [1.54, 1.807) is 11.0 Å². The highest BCUT2D eigenvalue weighted by molar-refractivity contribution is 5.94. The molecular formula is C34H40N2O7. The summed E-state index contributed by atoms with van der Waals surface area (Å²) in [7, 11) is 0. The zero-order valence-corrected chi connectivity index (χ0v) is 25.3. The van der Waals surface area contributed by atoms with E-state index < -0.39 is 5.79 Å². The molecule has 5 rings (SSSR count). The van der Waals surface area contributed by atoms with Gasteiger partial charge in [-0.2, -0.15) is 0 Å². The first-order chi connectivity index (χ1) is 20.6. The molecule has 0 aliphatic carbocycles. The minimum Gasteiger partial charge on any atom is -0.491 e. The summed E-state index contributed by atoms with van der Waals surface area (Å²) in [5.41, 5.74) is 4.56. The van der Waals surface area contributed by atoms with Gasteiger partial charge in [0, 0.05) is 37.6 Å². The largest absolute Gasteiger partial charge is 0.491 e. The lowest BCUT2D eigenvalue weighted by Gasteiger charge is -2.32. The van der Waals surface area contributed by atoms with E-state index in [0.29, 0.717) is 51.5 Å². The van der Waals surface area contributed by atoms with Crippen molar-refractivity contribution in [3.05, 3.63) is 94.5 Å². The normalized spacial score (nSPS) is 17.3. The van der Waals surface area contributed by atoms with Crippen LogP contribution in [0.25, 0.3) is 0 Å². The number of hydrogen-bond donors (Lipinski definition) is 1. The molecule has 9 heteroatoms. The van der Waals surface area contributed by atoms with Gasteiger partial charge in [-0.1, -0.05) is 30.3 Å². The molecule has 1 saturated heterocycles. The topological polar surface area (TPSA) is 95.6 Å². The zero-order chi connectivity index (χ0) is 30.4. The number of carbonyl (C=O) groups excluding carboxylic acids is 2. The number of nitrogens with one attached hydrogen (secondary N) is 1. The molecule has 3 aromatic carbocycles. The number of carbonyl (C=O) groups is 2. The number of ether oxygens (including phenoxy) is 5. The number of hydrogen-bond acceptors (Lipinski definition) is 7. The van der Waals surface area contributed by atoms with E-state index in [2.05, 4.69) is 5.32 Å². The van der Waals surface area contributed by atoms with Crippen LogP contribution in [0.4, 0.5) is 4.79 Å².